The zero-order valence-electron chi connectivity index (χ0n) is 17.2. The lowest BCUT2D eigenvalue weighted by Crippen LogP contribution is -2.06. The van der Waals surface area contributed by atoms with Gasteiger partial charge >= 0.3 is 0 Å². The number of rotatable bonds is 8. The Balaban J connectivity index is 1.78. The third-order valence-electron chi connectivity index (χ3n) is 4.84. The number of hydrogen-bond donors (Lipinski definition) is 1. The van der Waals surface area contributed by atoms with Crippen LogP contribution >= 0.6 is 45.8 Å². The molecular weight excluding hydrogens is 532 g/mol. The van der Waals surface area contributed by atoms with Gasteiger partial charge in [-0.3, -0.25) is 0 Å². The van der Waals surface area contributed by atoms with E-state index < -0.39 is 0 Å². The lowest BCUT2D eigenvalue weighted by atomic mass is 10.1. The fraction of sp³-hybridized carbons (Fsp3) is 0.250. The van der Waals surface area contributed by atoms with Gasteiger partial charge in [0.05, 0.1) is 10.2 Å². The summed E-state index contributed by atoms with van der Waals surface area (Å²) < 4.78 is 13.0. The third-order valence-corrected chi connectivity index (χ3v) is 6.23. The van der Waals surface area contributed by atoms with Crippen LogP contribution in [0.4, 0.5) is 5.69 Å². The van der Waals surface area contributed by atoms with Crippen molar-refractivity contribution in [3.63, 3.8) is 0 Å². The first-order valence-corrected chi connectivity index (χ1v) is 11.5. The van der Waals surface area contributed by atoms with Crippen molar-refractivity contribution in [2.75, 3.05) is 11.9 Å². The van der Waals surface area contributed by atoms with E-state index in [0.717, 1.165) is 31.9 Å². The third kappa shape index (κ3) is 5.74. The summed E-state index contributed by atoms with van der Waals surface area (Å²) in [4.78, 5) is 0. The molecule has 3 aromatic rings. The molecule has 0 aliphatic carbocycles. The second-order valence-corrected chi connectivity index (χ2v) is 8.97. The topological polar surface area (TPSA) is 30.5 Å². The maximum absolute atomic E-state index is 6.28. The lowest BCUT2D eigenvalue weighted by Gasteiger charge is -2.17. The molecule has 6 heteroatoms. The number of anilines is 1. The minimum Gasteiger partial charge on any atom is -0.490 e. The van der Waals surface area contributed by atoms with Crippen LogP contribution in [0, 0.1) is 17.4 Å². The maximum Gasteiger partial charge on any atom is 0.174 e. The molecule has 0 unspecified atom stereocenters. The molecule has 0 fully saturated rings. The summed E-state index contributed by atoms with van der Waals surface area (Å²) in [5.41, 5.74) is 5.67. The van der Waals surface area contributed by atoms with E-state index in [2.05, 4.69) is 66.0 Å². The number of aryl methyl sites for hydroxylation is 1. The average Bonchev–Trinajstić information content (AvgIpc) is 2.70. The maximum atomic E-state index is 6.28. The Morgan fingerprint density at radius 1 is 1.00 bits per heavy atom. The van der Waals surface area contributed by atoms with Crippen LogP contribution in [0.25, 0.3) is 0 Å². The molecule has 0 aliphatic heterocycles. The highest BCUT2D eigenvalue weighted by molar-refractivity contribution is 14.1. The summed E-state index contributed by atoms with van der Waals surface area (Å²) in [6.45, 7) is 7.81. The largest absolute Gasteiger partial charge is 0.490 e. The van der Waals surface area contributed by atoms with Gasteiger partial charge in [-0.1, -0.05) is 41.4 Å². The molecule has 30 heavy (non-hydrogen) atoms. The molecule has 0 saturated carbocycles. The summed E-state index contributed by atoms with van der Waals surface area (Å²) in [7, 11) is 0. The smallest absolute Gasteiger partial charge is 0.174 e. The SMILES string of the molecule is CCOc1cc(CNc2cccc(C)c2C)cc(I)c1OCc1ccc(Cl)cc1Cl. The van der Waals surface area contributed by atoms with Gasteiger partial charge in [-0.2, -0.15) is 0 Å². The number of benzene rings is 3. The van der Waals surface area contributed by atoms with Crippen molar-refractivity contribution in [1.82, 2.24) is 0 Å². The summed E-state index contributed by atoms with van der Waals surface area (Å²) in [5, 5.41) is 4.72. The van der Waals surface area contributed by atoms with E-state index in [1.807, 2.05) is 25.1 Å². The average molecular weight is 556 g/mol. The number of hydrogen-bond acceptors (Lipinski definition) is 3. The van der Waals surface area contributed by atoms with Crippen molar-refractivity contribution >= 4 is 51.5 Å². The minimum atomic E-state index is 0.339. The molecule has 0 amide bonds. The van der Waals surface area contributed by atoms with E-state index in [9.17, 15) is 0 Å². The Morgan fingerprint density at radius 3 is 2.53 bits per heavy atom. The minimum absolute atomic E-state index is 0.339. The van der Waals surface area contributed by atoms with E-state index in [1.165, 1.54) is 11.1 Å². The molecular formula is C24H24Cl2INO2. The van der Waals surface area contributed by atoms with Crippen molar-refractivity contribution in [3.05, 3.63) is 84.4 Å². The highest BCUT2D eigenvalue weighted by Crippen LogP contribution is 2.36. The molecule has 158 valence electrons. The molecule has 3 rings (SSSR count). The second kappa shape index (κ2) is 10.6. The van der Waals surface area contributed by atoms with Crippen LogP contribution in [0.2, 0.25) is 10.0 Å². The first kappa shape index (κ1) is 23.0. The van der Waals surface area contributed by atoms with E-state index >= 15 is 0 Å². The predicted octanol–water partition coefficient (Wildman–Crippen LogP) is 7.80. The molecule has 0 aliphatic rings. The highest BCUT2D eigenvalue weighted by Gasteiger charge is 2.14. The van der Waals surface area contributed by atoms with Crippen molar-refractivity contribution < 1.29 is 9.47 Å². The molecule has 3 aromatic carbocycles. The van der Waals surface area contributed by atoms with Gasteiger partial charge in [0, 0.05) is 27.8 Å². The van der Waals surface area contributed by atoms with Gasteiger partial charge in [0.25, 0.3) is 0 Å². The summed E-state index contributed by atoms with van der Waals surface area (Å²) >= 11 is 14.5. The van der Waals surface area contributed by atoms with Crippen molar-refractivity contribution in [2.45, 2.75) is 33.9 Å². The van der Waals surface area contributed by atoms with Crippen LogP contribution < -0.4 is 14.8 Å². The molecule has 0 heterocycles. The summed E-state index contributed by atoms with van der Waals surface area (Å²) in [6.07, 6.45) is 0. The quantitative estimate of drug-likeness (QED) is 0.287. The first-order valence-electron chi connectivity index (χ1n) is 9.71. The van der Waals surface area contributed by atoms with Gasteiger partial charge < -0.3 is 14.8 Å². The normalized spacial score (nSPS) is 10.7. The van der Waals surface area contributed by atoms with E-state index in [-0.39, 0.29) is 0 Å². The van der Waals surface area contributed by atoms with E-state index in [0.29, 0.717) is 29.8 Å². The van der Waals surface area contributed by atoms with Crippen LogP contribution in [-0.4, -0.2) is 6.61 Å². The first-order chi connectivity index (χ1) is 14.4. The number of halogens is 3. The van der Waals surface area contributed by atoms with E-state index in [4.69, 9.17) is 32.7 Å². The lowest BCUT2D eigenvalue weighted by molar-refractivity contribution is 0.267. The van der Waals surface area contributed by atoms with Gasteiger partial charge in [0.1, 0.15) is 6.61 Å². The Bertz CT molecular complexity index is 1040. The highest BCUT2D eigenvalue weighted by atomic mass is 127. The Kier molecular flexibility index (Phi) is 8.14. The van der Waals surface area contributed by atoms with Crippen LogP contribution in [0.1, 0.15) is 29.2 Å². The van der Waals surface area contributed by atoms with Crippen molar-refractivity contribution in [1.29, 1.82) is 0 Å². The fourth-order valence-corrected chi connectivity index (χ4v) is 4.34. The van der Waals surface area contributed by atoms with E-state index in [1.54, 1.807) is 6.07 Å². The van der Waals surface area contributed by atoms with Crippen molar-refractivity contribution in [2.24, 2.45) is 0 Å². The molecule has 0 atom stereocenters. The molecule has 0 radical (unpaired) electrons. The number of nitrogens with one attached hydrogen (secondary N) is 1. The number of ether oxygens (including phenoxy) is 2. The standard InChI is InChI=1S/C24H24Cl2INO2/c1-4-29-23-11-17(13-28-22-7-5-6-15(2)16(22)3)10-21(27)24(23)30-14-18-8-9-19(25)12-20(18)26/h5-12,28H,4,13-14H2,1-3H3. The van der Waals surface area contributed by atoms with Gasteiger partial charge in [-0.05, 0) is 90.4 Å². The zero-order valence-corrected chi connectivity index (χ0v) is 20.9. The van der Waals surface area contributed by atoms with Crippen molar-refractivity contribution in [3.8, 4) is 11.5 Å². The molecule has 1 N–H and O–H groups in total. The Hall–Kier alpha value is -1.63. The van der Waals surface area contributed by atoms with Gasteiger partial charge in [0.2, 0.25) is 0 Å². The molecule has 0 spiro atoms. The summed E-state index contributed by atoms with van der Waals surface area (Å²) in [5.74, 6) is 1.45. The van der Waals surface area contributed by atoms with Crippen LogP contribution in [0.5, 0.6) is 11.5 Å². The van der Waals surface area contributed by atoms with Gasteiger partial charge in [-0.15, -0.1) is 0 Å². The zero-order chi connectivity index (χ0) is 21.7. The second-order valence-electron chi connectivity index (χ2n) is 6.96. The predicted molar refractivity (Wildman–Crippen MR) is 134 cm³/mol. The Morgan fingerprint density at radius 2 is 1.80 bits per heavy atom. The van der Waals surface area contributed by atoms with Crippen LogP contribution in [0.15, 0.2) is 48.5 Å². The fourth-order valence-electron chi connectivity index (χ4n) is 3.06. The monoisotopic (exact) mass is 555 g/mol. The van der Waals surface area contributed by atoms with Gasteiger partial charge in [0.15, 0.2) is 11.5 Å². The molecule has 0 bridgehead atoms. The van der Waals surface area contributed by atoms with Crippen LogP contribution in [0.3, 0.4) is 0 Å². The molecule has 0 saturated heterocycles. The van der Waals surface area contributed by atoms with Crippen LogP contribution in [-0.2, 0) is 13.2 Å². The molecule has 0 aromatic heterocycles. The van der Waals surface area contributed by atoms with Gasteiger partial charge in [-0.25, -0.2) is 0 Å². The molecule has 3 nitrogen and oxygen atoms in total. The summed E-state index contributed by atoms with van der Waals surface area (Å²) in [6, 6.07) is 15.8. The Labute approximate surface area is 201 Å².